The molecule has 98 valence electrons. The van der Waals surface area contributed by atoms with E-state index in [0.717, 1.165) is 45.2 Å². The van der Waals surface area contributed by atoms with Crippen molar-refractivity contribution < 1.29 is 9.90 Å². The molecule has 4 heteroatoms. The molecule has 0 aromatic rings. The van der Waals surface area contributed by atoms with Gasteiger partial charge in [0.05, 0.1) is 11.1 Å². The van der Waals surface area contributed by atoms with Crippen LogP contribution in [0.25, 0.3) is 0 Å². The predicted octanol–water partition coefficient (Wildman–Crippen LogP) is 0.892. The average molecular weight is 240 g/mol. The lowest BCUT2D eigenvalue weighted by Gasteiger charge is -2.43. The van der Waals surface area contributed by atoms with Gasteiger partial charge in [0.2, 0.25) is 5.91 Å². The molecule has 0 radical (unpaired) electrons. The predicted molar refractivity (Wildman–Crippen MR) is 66.7 cm³/mol. The first kappa shape index (κ1) is 12.8. The van der Waals surface area contributed by atoms with Crippen LogP contribution < -0.4 is 5.32 Å². The van der Waals surface area contributed by atoms with Gasteiger partial charge < -0.3 is 15.3 Å². The van der Waals surface area contributed by atoms with Crippen molar-refractivity contribution in [2.24, 2.45) is 0 Å². The van der Waals surface area contributed by atoms with E-state index < -0.39 is 11.1 Å². The van der Waals surface area contributed by atoms with Crippen molar-refractivity contribution in [1.29, 1.82) is 0 Å². The largest absolute Gasteiger partial charge is 0.388 e. The Morgan fingerprint density at radius 2 is 2.00 bits per heavy atom. The van der Waals surface area contributed by atoms with Crippen LogP contribution in [0.2, 0.25) is 0 Å². The second-order valence-corrected chi connectivity index (χ2v) is 6.04. The topological polar surface area (TPSA) is 52.6 Å². The van der Waals surface area contributed by atoms with Crippen molar-refractivity contribution in [3.63, 3.8) is 0 Å². The fourth-order valence-corrected chi connectivity index (χ4v) is 2.98. The molecule has 2 unspecified atom stereocenters. The first-order valence-electron chi connectivity index (χ1n) is 6.70. The highest BCUT2D eigenvalue weighted by atomic mass is 16.3. The summed E-state index contributed by atoms with van der Waals surface area (Å²) in [7, 11) is 0. The number of hydrogen-bond donors (Lipinski definition) is 2. The van der Waals surface area contributed by atoms with Crippen molar-refractivity contribution in [1.82, 2.24) is 10.2 Å². The number of carbonyl (C=O) groups excluding carboxylic acids is 1. The summed E-state index contributed by atoms with van der Waals surface area (Å²) in [6.45, 7) is 6.00. The van der Waals surface area contributed by atoms with Gasteiger partial charge in [-0.05, 0) is 52.5 Å². The third-order valence-corrected chi connectivity index (χ3v) is 4.05. The van der Waals surface area contributed by atoms with Gasteiger partial charge in [0.15, 0.2) is 0 Å². The van der Waals surface area contributed by atoms with Gasteiger partial charge in [-0.3, -0.25) is 4.79 Å². The third-order valence-electron chi connectivity index (χ3n) is 4.05. The van der Waals surface area contributed by atoms with E-state index in [-0.39, 0.29) is 5.91 Å². The van der Waals surface area contributed by atoms with Gasteiger partial charge in [0.25, 0.3) is 0 Å². The summed E-state index contributed by atoms with van der Waals surface area (Å²) < 4.78 is 0. The second-order valence-electron chi connectivity index (χ2n) is 6.04. The molecule has 2 rings (SSSR count). The number of likely N-dealkylation sites (tertiary alicyclic amines) is 1. The van der Waals surface area contributed by atoms with Crippen LogP contribution in [0.15, 0.2) is 0 Å². The molecule has 17 heavy (non-hydrogen) atoms. The zero-order valence-electron chi connectivity index (χ0n) is 11.0. The smallest absolute Gasteiger partial charge is 0.242 e. The normalized spacial score (nSPS) is 39.1. The van der Waals surface area contributed by atoms with Crippen LogP contribution in [0.4, 0.5) is 0 Å². The number of rotatable bonds is 1. The molecular weight excluding hydrogens is 216 g/mol. The van der Waals surface area contributed by atoms with Crippen molar-refractivity contribution in [2.75, 3.05) is 19.6 Å². The molecule has 1 amide bonds. The summed E-state index contributed by atoms with van der Waals surface area (Å²) >= 11 is 0. The molecule has 2 aliphatic rings. The van der Waals surface area contributed by atoms with Crippen molar-refractivity contribution in [3.05, 3.63) is 0 Å². The van der Waals surface area contributed by atoms with E-state index in [1.165, 1.54) is 0 Å². The minimum Gasteiger partial charge on any atom is -0.388 e. The summed E-state index contributed by atoms with van der Waals surface area (Å²) in [6.07, 6.45) is 4.86. The number of amides is 1. The molecule has 2 aliphatic heterocycles. The maximum atomic E-state index is 12.5. The maximum absolute atomic E-state index is 12.5. The van der Waals surface area contributed by atoms with E-state index >= 15 is 0 Å². The van der Waals surface area contributed by atoms with E-state index in [1.807, 2.05) is 18.7 Å². The molecule has 2 N–H and O–H groups in total. The standard InChI is InChI=1S/C13H24N2O2/c1-12(17)6-5-9-15(10-12)11(16)13(2)7-3-4-8-14-13/h14,17H,3-10H2,1-2H3. The molecule has 2 heterocycles. The summed E-state index contributed by atoms with van der Waals surface area (Å²) in [5.41, 5.74) is -1.12. The lowest BCUT2D eigenvalue weighted by atomic mass is 9.87. The van der Waals surface area contributed by atoms with Crippen LogP contribution in [0.5, 0.6) is 0 Å². The van der Waals surface area contributed by atoms with Gasteiger partial charge in [-0.2, -0.15) is 0 Å². The van der Waals surface area contributed by atoms with E-state index in [1.54, 1.807) is 0 Å². The number of nitrogens with one attached hydrogen (secondary N) is 1. The average Bonchev–Trinajstić information content (AvgIpc) is 2.27. The van der Waals surface area contributed by atoms with Crippen molar-refractivity contribution in [2.45, 2.75) is 57.1 Å². The van der Waals surface area contributed by atoms with Crippen LogP contribution >= 0.6 is 0 Å². The number of carbonyl (C=O) groups is 1. The van der Waals surface area contributed by atoms with Crippen LogP contribution in [0.1, 0.15) is 46.0 Å². The molecule has 2 fully saturated rings. The molecule has 0 bridgehead atoms. The van der Waals surface area contributed by atoms with Crippen LogP contribution in [0, 0.1) is 0 Å². The van der Waals surface area contributed by atoms with E-state index in [9.17, 15) is 9.90 Å². The highest BCUT2D eigenvalue weighted by molar-refractivity contribution is 5.86. The van der Waals surface area contributed by atoms with E-state index in [0.29, 0.717) is 6.54 Å². The summed E-state index contributed by atoms with van der Waals surface area (Å²) in [5, 5.41) is 13.4. The zero-order valence-corrected chi connectivity index (χ0v) is 11.0. The maximum Gasteiger partial charge on any atom is 0.242 e. The van der Waals surface area contributed by atoms with Crippen molar-refractivity contribution in [3.8, 4) is 0 Å². The zero-order chi connectivity index (χ0) is 12.5. The van der Waals surface area contributed by atoms with Crippen LogP contribution in [0.3, 0.4) is 0 Å². The molecule has 2 atom stereocenters. The minimum atomic E-state index is -0.709. The van der Waals surface area contributed by atoms with Gasteiger partial charge in [0.1, 0.15) is 0 Å². The van der Waals surface area contributed by atoms with Crippen molar-refractivity contribution >= 4 is 5.91 Å². The SMILES string of the molecule is CC1(O)CCCN(C(=O)C2(C)CCCCN2)C1. The Balaban J connectivity index is 2.03. The van der Waals surface area contributed by atoms with Gasteiger partial charge >= 0.3 is 0 Å². The Hall–Kier alpha value is -0.610. The van der Waals surface area contributed by atoms with E-state index in [2.05, 4.69) is 5.32 Å². The molecule has 0 saturated carbocycles. The molecule has 4 nitrogen and oxygen atoms in total. The fourth-order valence-electron chi connectivity index (χ4n) is 2.98. The van der Waals surface area contributed by atoms with E-state index in [4.69, 9.17) is 0 Å². The van der Waals surface area contributed by atoms with Gasteiger partial charge in [-0.15, -0.1) is 0 Å². The molecule has 2 saturated heterocycles. The monoisotopic (exact) mass is 240 g/mol. The fraction of sp³-hybridized carbons (Fsp3) is 0.923. The molecular formula is C13H24N2O2. The quantitative estimate of drug-likeness (QED) is 0.716. The Bertz CT molecular complexity index is 296. The first-order valence-corrected chi connectivity index (χ1v) is 6.70. The highest BCUT2D eigenvalue weighted by Gasteiger charge is 2.40. The highest BCUT2D eigenvalue weighted by Crippen LogP contribution is 2.26. The Labute approximate surface area is 103 Å². The van der Waals surface area contributed by atoms with Crippen LogP contribution in [-0.2, 0) is 4.79 Å². The summed E-state index contributed by atoms with van der Waals surface area (Å²) in [4.78, 5) is 14.4. The third kappa shape index (κ3) is 2.80. The number of aliphatic hydroxyl groups is 1. The molecule has 0 aliphatic carbocycles. The Morgan fingerprint density at radius 1 is 1.24 bits per heavy atom. The molecule has 0 aromatic heterocycles. The summed E-state index contributed by atoms with van der Waals surface area (Å²) in [6, 6.07) is 0. The number of hydrogen-bond acceptors (Lipinski definition) is 3. The van der Waals surface area contributed by atoms with Gasteiger partial charge in [-0.1, -0.05) is 0 Å². The minimum absolute atomic E-state index is 0.164. The number of nitrogens with zero attached hydrogens (tertiary/aromatic N) is 1. The van der Waals surface area contributed by atoms with Gasteiger partial charge in [0, 0.05) is 13.1 Å². The lowest BCUT2D eigenvalue weighted by molar-refractivity contribution is -0.145. The summed E-state index contributed by atoms with van der Waals surface area (Å²) in [5.74, 6) is 0.164. The number of piperidine rings is 2. The van der Waals surface area contributed by atoms with Crippen LogP contribution in [-0.4, -0.2) is 46.7 Å². The second kappa shape index (κ2) is 4.58. The van der Waals surface area contributed by atoms with Gasteiger partial charge in [-0.25, -0.2) is 0 Å². The lowest BCUT2D eigenvalue weighted by Crippen LogP contribution is -2.61. The Kier molecular flexibility index (Phi) is 3.46. The Morgan fingerprint density at radius 3 is 2.59 bits per heavy atom. The molecule has 0 aromatic carbocycles. The first-order chi connectivity index (χ1) is 7.93. The number of β-amino-alcohol motifs (C(OH)–C–C–N with tert-alkyl or cyclic N) is 1. The molecule has 0 spiro atoms.